The molecular weight excluding hydrogens is 318 g/mol. The van der Waals surface area contributed by atoms with Gasteiger partial charge in [-0.05, 0) is 25.1 Å². The Bertz CT molecular complexity index is 681. The summed E-state index contributed by atoms with van der Waals surface area (Å²) in [4.78, 5) is 18.8. The van der Waals surface area contributed by atoms with Crippen molar-refractivity contribution in [1.29, 1.82) is 0 Å². The van der Waals surface area contributed by atoms with E-state index in [2.05, 4.69) is 27.2 Å². The lowest BCUT2D eigenvalue weighted by Crippen LogP contribution is -2.49. The first-order valence-electron chi connectivity index (χ1n) is 8.64. The van der Waals surface area contributed by atoms with Crippen LogP contribution in [0.3, 0.4) is 0 Å². The van der Waals surface area contributed by atoms with E-state index in [9.17, 15) is 4.79 Å². The minimum Gasteiger partial charge on any atom is -0.375 e. The Morgan fingerprint density at radius 1 is 1.28 bits per heavy atom. The van der Waals surface area contributed by atoms with Gasteiger partial charge in [-0.15, -0.1) is 0 Å². The quantitative estimate of drug-likeness (QED) is 0.903. The molecule has 0 aliphatic carbocycles. The van der Waals surface area contributed by atoms with E-state index in [0.717, 1.165) is 43.2 Å². The van der Waals surface area contributed by atoms with Gasteiger partial charge in [0, 0.05) is 63.8 Å². The van der Waals surface area contributed by atoms with E-state index in [-0.39, 0.29) is 6.03 Å². The Morgan fingerprint density at radius 3 is 2.76 bits per heavy atom. The Kier molecular flexibility index (Phi) is 5.55. The van der Waals surface area contributed by atoms with Gasteiger partial charge in [0.1, 0.15) is 6.26 Å². The predicted octanol–water partition coefficient (Wildman–Crippen LogP) is 2.48. The molecule has 0 bridgehead atoms. The van der Waals surface area contributed by atoms with Crippen LogP contribution in [0, 0.1) is 0 Å². The van der Waals surface area contributed by atoms with Gasteiger partial charge in [0.05, 0.1) is 5.69 Å². The van der Waals surface area contributed by atoms with Crippen molar-refractivity contribution in [3.63, 3.8) is 0 Å². The zero-order valence-corrected chi connectivity index (χ0v) is 14.8. The minimum absolute atomic E-state index is 0.0441. The number of carbonyl (C=O) groups is 1. The van der Waals surface area contributed by atoms with Crippen molar-refractivity contribution in [3.05, 3.63) is 42.3 Å². The average Bonchev–Trinajstić information content (AvgIpc) is 3.15. The van der Waals surface area contributed by atoms with Gasteiger partial charge in [0.15, 0.2) is 0 Å². The summed E-state index contributed by atoms with van der Waals surface area (Å²) in [5.41, 5.74) is 2.85. The van der Waals surface area contributed by atoms with Crippen LogP contribution in [0.15, 0.2) is 41.1 Å². The molecule has 0 unspecified atom stereocenters. The maximum atomic E-state index is 12.5. The van der Waals surface area contributed by atoms with E-state index in [4.69, 9.17) is 4.52 Å². The molecule has 2 aromatic rings. The second kappa shape index (κ2) is 8.02. The number of amides is 2. The Hall–Kier alpha value is -2.54. The highest BCUT2D eigenvalue weighted by molar-refractivity contribution is 5.90. The van der Waals surface area contributed by atoms with Crippen molar-refractivity contribution in [1.82, 2.24) is 15.0 Å². The van der Waals surface area contributed by atoms with Gasteiger partial charge in [-0.3, -0.25) is 4.90 Å². The van der Waals surface area contributed by atoms with Crippen LogP contribution in [0.2, 0.25) is 0 Å². The molecule has 1 N–H and O–H groups in total. The SMILES string of the molecule is CCN(C)c1cccc(NC(=O)N2CCN(Cc3ccon3)CC2)c1. The van der Waals surface area contributed by atoms with Crippen molar-refractivity contribution in [2.45, 2.75) is 13.5 Å². The first-order chi connectivity index (χ1) is 12.2. The number of carbonyl (C=O) groups excluding carboxylic acids is 1. The molecule has 7 heteroatoms. The van der Waals surface area contributed by atoms with Crippen LogP contribution in [0.1, 0.15) is 12.6 Å². The molecule has 3 rings (SSSR count). The molecule has 134 valence electrons. The van der Waals surface area contributed by atoms with Gasteiger partial charge in [-0.25, -0.2) is 4.79 Å². The number of nitrogens with one attached hydrogen (secondary N) is 1. The van der Waals surface area contributed by atoms with Crippen LogP contribution >= 0.6 is 0 Å². The smallest absolute Gasteiger partial charge is 0.321 e. The molecule has 25 heavy (non-hydrogen) atoms. The molecule has 1 aromatic heterocycles. The zero-order chi connectivity index (χ0) is 17.6. The van der Waals surface area contributed by atoms with Crippen LogP contribution in [-0.2, 0) is 6.54 Å². The summed E-state index contributed by atoms with van der Waals surface area (Å²) in [7, 11) is 2.04. The van der Waals surface area contributed by atoms with E-state index in [1.54, 1.807) is 6.26 Å². The molecular formula is C18H25N5O2. The lowest BCUT2D eigenvalue weighted by molar-refractivity contribution is 0.141. The number of urea groups is 1. The summed E-state index contributed by atoms with van der Waals surface area (Å²) in [5, 5.41) is 6.94. The number of rotatable bonds is 5. The van der Waals surface area contributed by atoms with E-state index >= 15 is 0 Å². The maximum absolute atomic E-state index is 12.5. The summed E-state index contributed by atoms with van der Waals surface area (Å²) in [6, 6.07) is 9.76. The lowest BCUT2D eigenvalue weighted by Gasteiger charge is -2.34. The molecule has 0 atom stereocenters. The summed E-state index contributed by atoms with van der Waals surface area (Å²) in [6.07, 6.45) is 1.59. The van der Waals surface area contributed by atoms with E-state index in [1.807, 2.05) is 42.3 Å². The molecule has 1 aliphatic rings. The third-order valence-electron chi connectivity index (χ3n) is 4.55. The van der Waals surface area contributed by atoms with Crippen molar-refractivity contribution < 1.29 is 9.32 Å². The van der Waals surface area contributed by atoms with Gasteiger partial charge >= 0.3 is 6.03 Å². The highest BCUT2D eigenvalue weighted by Crippen LogP contribution is 2.19. The second-order valence-electron chi connectivity index (χ2n) is 6.25. The van der Waals surface area contributed by atoms with Gasteiger partial charge < -0.3 is 19.6 Å². The molecule has 2 heterocycles. The van der Waals surface area contributed by atoms with Crippen molar-refractivity contribution in [2.24, 2.45) is 0 Å². The van der Waals surface area contributed by atoms with E-state index in [0.29, 0.717) is 13.1 Å². The lowest BCUT2D eigenvalue weighted by atomic mass is 10.2. The van der Waals surface area contributed by atoms with Gasteiger partial charge in [0.2, 0.25) is 0 Å². The fourth-order valence-corrected chi connectivity index (χ4v) is 2.86. The largest absolute Gasteiger partial charge is 0.375 e. The van der Waals surface area contributed by atoms with Gasteiger partial charge in [-0.1, -0.05) is 11.2 Å². The predicted molar refractivity (Wildman–Crippen MR) is 97.8 cm³/mol. The number of hydrogen-bond donors (Lipinski definition) is 1. The summed E-state index contributed by atoms with van der Waals surface area (Å²) in [6.45, 7) is 6.86. The van der Waals surface area contributed by atoms with Crippen molar-refractivity contribution >= 4 is 17.4 Å². The monoisotopic (exact) mass is 343 g/mol. The fourth-order valence-electron chi connectivity index (χ4n) is 2.86. The number of nitrogens with zero attached hydrogens (tertiary/aromatic N) is 4. The minimum atomic E-state index is -0.0441. The van der Waals surface area contributed by atoms with E-state index < -0.39 is 0 Å². The molecule has 0 spiro atoms. The summed E-state index contributed by atoms with van der Waals surface area (Å²) in [5.74, 6) is 0. The molecule has 0 saturated carbocycles. The molecule has 1 saturated heterocycles. The highest BCUT2D eigenvalue weighted by atomic mass is 16.5. The zero-order valence-electron chi connectivity index (χ0n) is 14.8. The summed E-state index contributed by atoms with van der Waals surface area (Å²) < 4.78 is 4.86. The van der Waals surface area contributed by atoms with Crippen molar-refractivity contribution in [2.75, 3.05) is 50.0 Å². The molecule has 1 fully saturated rings. The molecule has 1 aromatic carbocycles. The summed E-state index contributed by atoms with van der Waals surface area (Å²) >= 11 is 0. The number of aromatic nitrogens is 1. The second-order valence-corrected chi connectivity index (χ2v) is 6.25. The number of benzene rings is 1. The van der Waals surface area contributed by atoms with Crippen LogP contribution in [0.4, 0.5) is 16.2 Å². The van der Waals surface area contributed by atoms with Crippen LogP contribution < -0.4 is 10.2 Å². The molecule has 2 amide bonds. The van der Waals surface area contributed by atoms with Crippen LogP contribution in [-0.4, -0.2) is 60.8 Å². The van der Waals surface area contributed by atoms with Gasteiger partial charge in [-0.2, -0.15) is 0 Å². The third kappa shape index (κ3) is 4.51. The Morgan fingerprint density at radius 2 is 2.08 bits per heavy atom. The first kappa shape index (κ1) is 17.3. The first-order valence-corrected chi connectivity index (χ1v) is 8.64. The third-order valence-corrected chi connectivity index (χ3v) is 4.55. The Balaban J connectivity index is 1.51. The Labute approximate surface area is 148 Å². The number of piperazine rings is 1. The fraction of sp³-hybridized carbons (Fsp3) is 0.444. The molecule has 0 radical (unpaired) electrons. The average molecular weight is 343 g/mol. The standard InChI is InChI=1S/C18H25N5O2/c1-3-21(2)17-6-4-5-15(13-17)19-18(24)23-10-8-22(9-11-23)14-16-7-12-25-20-16/h4-7,12-13H,3,8-11,14H2,1-2H3,(H,19,24). The molecule has 1 aliphatic heterocycles. The normalized spacial score (nSPS) is 15.2. The maximum Gasteiger partial charge on any atom is 0.321 e. The van der Waals surface area contributed by atoms with Crippen LogP contribution in [0.25, 0.3) is 0 Å². The van der Waals surface area contributed by atoms with Crippen molar-refractivity contribution in [3.8, 4) is 0 Å². The number of hydrogen-bond acceptors (Lipinski definition) is 5. The van der Waals surface area contributed by atoms with Gasteiger partial charge in [0.25, 0.3) is 0 Å². The number of anilines is 2. The van der Waals surface area contributed by atoms with Crippen LogP contribution in [0.5, 0.6) is 0 Å². The van der Waals surface area contributed by atoms with E-state index in [1.165, 1.54) is 0 Å². The molecule has 7 nitrogen and oxygen atoms in total. The topological polar surface area (TPSA) is 64.9 Å². The highest BCUT2D eigenvalue weighted by Gasteiger charge is 2.21.